The van der Waals surface area contributed by atoms with Crippen LogP contribution in [0.1, 0.15) is 40.6 Å². The van der Waals surface area contributed by atoms with Crippen molar-refractivity contribution in [3.05, 3.63) is 57.5 Å². The molecule has 0 spiro atoms. The smallest absolute Gasteiger partial charge is 0.293 e. The van der Waals surface area contributed by atoms with Crippen LogP contribution < -0.4 is 5.56 Å². The number of aromatic nitrogens is 2. The number of halogens is 1. The minimum atomic E-state index is -0.736. The minimum absolute atomic E-state index is 0.0222. The number of amides is 1. The van der Waals surface area contributed by atoms with Crippen molar-refractivity contribution in [2.45, 2.75) is 25.3 Å². The molecule has 3 rings (SSSR count). The van der Waals surface area contributed by atoms with Gasteiger partial charge in [-0.1, -0.05) is 12.1 Å². The predicted molar refractivity (Wildman–Crippen MR) is 91.5 cm³/mol. The molecule has 1 saturated heterocycles. The second-order valence-electron chi connectivity index (χ2n) is 6.32. The van der Waals surface area contributed by atoms with Crippen molar-refractivity contribution in [1.29, 1.82) is 0 Å². The summed E-state index contributed by atoms with van der Waals surface area (Å²) >= 11 is 0. The Labute approximate surface area is 149 Å². The van der Waals surface area contributed by atoms with E-state index in [9.17, 15) is 19.1 Å². The van der Waals surface area contributed by atoms with Crippen LogP contribution in [0.2, 0.25) is 0 Å². The fourth-order valence-corrected chi connectivity index (χ4v) is 2.91. The van der Waals surface area contributed by atoms with Crippen LogP contribution in [-0.4, -0.2) is 46.1 Å². The van der Waals surface area contributed by atoms with E-state index in [0.29, 0.717) is 31.9 Å². The number of H-pyrrole nitrogens is 1. The average molecular weight is 361 g/mol. The van der Waals surface area contributed by atoms with Gasteiger partial charge in [0, 0.05) is 32.7 Å². The van der Waals surface area contributed by atoms with Gasteiger partial charge in [0.1, 0.15) is 11.6 Å². The highest BCUT2D eigenvalue weighted by Gasteiger charge is 2.25. The summed E-state index contributed by atoms with van der Waals surface area (Å²) in [6, 6.07) is 5.75. The van der Waals surface area contributed by atoms with E-state index in [1.54, 1.807) is 12.1 Å². The Balaban J connectivity index is 1.84. The van der Waals surface area contributed by atoms with Crippen LogP contribution in [0.5, 0.6) is 5.75 Å². The molecule has 0 aliphatic carbocycles. The predicted octanol–water partition coefficient (Wildman–Crippen LogP) is 1.78. The average Bonchev–Trinajstić information content (AvgIpc) is 2.65. The zero-order valence-corrected chi connectivity index (χ0v) is 14.4. The van der Waals surface area contributed by atoms with E-state index in [1.165, 1.54) is 24.1 Å². The molecule has 1 aromatic carbocycles. The number of benzene rings is 1. The molecule has 0 unspecified atom stereocenters. The third kappa shape index (κ3) is 3.91. The maximum absolute atomic E-state index is 13.0. The van der Waals surface area contributed by atoms with Crippen molar-refractivity contribution in [3.8, 4) is 5.75 Å². The van der Waals surface area contributed by atoms with Gasteiger partial charge in [0.25, 0.3) is 11.5 Å². The molecule has 0 saturated carbocycles. The Hall–Kier alpha value is -2.74. The van der Waals surface area contributed by atoms with Crippen molar-refractivity contribution in [2.75, 3.05) is 20.3 Å². The number of aromatic amines is 1. The summed E-state index contributed by atoms with van der Waals surface area (Å²) in [6.07, 6.45) is 1.37. The number of carbonyl (C=O) groups is 1. The molecule has 0 bridgehead atoms. The van der Waals surface area contributed by atoms with Crippen LogP contribution in [0, 0.1) is 5.82 Å². The molecular formula is C18H20FN3O4. The van der Waals surface area contributed by atoms with Crippen LogP contribution in [0.25, 0.3) is 0 Å². The fourth-order valence-electron chi connectivity index (χ4n) is 2.91. The molecule has 8 heteroatoms. The summed E-state index contributed by atoms with van der Waals surface area (Å²) in [4.78, 5) is 32.8. The van der Waals surface area contributed by atoms with Crippen molar-refractivity contribution < 1.29 is 19.0 Å². The van der Waals surface area contributed by atoms with Crippen molar-refractivity contribution in [1.82, 2.24) is 14.9 Å². The standard InChI is InChI=1S/C18H20FN3O4/c1-22(10-11-2-4-13(19)5-3-11)18(25)14-15(23)17(24)21-16(20-14)12-6-8-26-9-7-12/h2-5,12,23H,6-10H2,1H3,(H,20,21,24). The van der Waals surface area contributed by atoms with E-state index in [0.717, 1.165) is 5.56 Å². The Morgan fingerprint density at radius 2 is 2.00 bits per heavy atom. The Kier molecular flexibility index (Phi) is 5.32. The molecule has 2 heterocycles. The molecule has 0 atom stereocenters. The van der Waals surface area contributed by atoms with Gasteiger partial charge in [-0.2, -0.15) is 0 Å². The minimum Gasteiger partial charge on any atom is -0.501 e. The van der Waals surface area contributed by atoms with Gasteiger partial charge >= 0.3 is 0 Å². The quantitative estimate of drug-likeness (QED) is 0.865. The largest absolute Gasteiger partial charge is 0.501 e. The van der Waals surface area contributed by atoms with Gasteiger partial charge in [0.2, 0.25) is 5.75 Å². The molecular weight excluding hydrogens is 341 g/mol. The lowest BCUT2D eigenvalue weighted by molar-refractivity contribution is 0.0770. The monoisotopic (exact) mass is 361 g/mol. The van der Waals surface area contributed by atoms with E-state index in [4.69, 9.17) is 4.74 Å². The summed E-state index contributed by atoms with van der Waals surface area (Å²) in [5.74, 6) is -1.28. The third-order valence-electron chi connectivity index (χ3n) is 4.40. The van der Waals surface area contributed by atoms with Gasteiger partial charge in [-0.25, -0.2) is 9.37 Å². The number of carbonyl (C=O) groups excluding carboxylic acids is 1. The molecule has 2 N–H and O–H groups in total. The summed E-state index contributed by atoms with van der Waals surface area (Å²) < 4.78 is 18.3. The molecule has 2 aromatic rings. The molecule has 1 aliphatic rings. The van der Waals surface area contributed by atoms with Gasteiger partial charge in [-0.15, -0.1) is 0 Å². The van der Waals surface area contributed by atoms with Crippen LogP contribution in [0.15, 0.2) is 29.1 Å². The molecule has 7 nitrogen and oxygen atoms in total. The van der Waals surface area contributed by atoms with Gasteiger partial charge < -0.3 is 19.7 Å². The topological polar surface area (TPSA) is 95.5 Å². The molecule has 26 heavy (non-hydrogen) atoms. The van der Waals surface area contributed by atoms with Crippen molar-refractivity contribution in [3.63, 3.8) is 0 Å². The molecule has 138 valence electrons. The first-order chi connectivity index (χ1) is 12.5. The highest BCUT2D eigenvalue weighted by molar-refractivity contribution is 5.94. The van der Waals surface area contributed by atoms with Gasteiger partial charge in [-0.05, 0) is 30.5 Å². The Morgan fingerprint density at radius 3 is 2.65 bits per heavy atom. The molecule has 1 fully saturated rings. The lowest BCUT2D eigenvalue weighted by atomic mass is 9.99. The zero-order chi connectivity index (χ0) is 18.7. The van der Waals surface area contributed by atoms with Crippen LogP contribution >= 0.6 is 0 Å². The van der Waals surface area contributed by atoms with E-state index >= 15 is 0 Å². The lowest BCUT2D eigenvalue weighted by Crippen LogP contribution is -2.30. The van der Waals surface area contributed by atoms with Gasteiger partial charge in [0.05, 0.1) is 0 Å². The molecule has 1 amide bonds. The maximum Gasteiger partial charge on any atom is 0.293 e. The van der Waals surface area contributed by atoms with Crippen LogP contribution in [-0.2, 0) is 11.3 Å². The van der Waals surface area contributed by atoms with E-state index in [1.807, 2.05) is 0 Å². The highest BCUT2D eigenvalue weighted by Crippen LogP contribution is 2.25. The normalized spacial score (nSPS) is 15.0. The first kappa shape index (κ1) is 18.1. The number of rotatable bonds is 4. The first-order valence-corrected chi connectivity index (χ1v) is 8.36. The number of aromatic hydroxyl groups is 1. The first-order valence-electron chi connectivity index (χ1n) is 8.36. The van der Waals surface area contributed by atoms with E-state index in [2.05, 4.69) is 9.97 Å². The number of ether oxygens (including phenoxy) is 1. The summed E-state index contributed by atoms with van der Waals surface area (Å²) in [5, 5.41) is 10.0. The van der Waals surface area contributed by atoms with E-state index < -0.39 is 17.2 Å². The summed E-state index contributed by atoms with van der Waals surface area (Å²) in [5.41, 5.74) is -0.295. The molecule has 0 radical (unpaired) electrons. The highest BCUT2D eigenvalue weighted by atomic mass is 19.1. The Morgan fingerprint density at radius 1 is 1.35 bits per heavy atom. The molecule has 1 aromatic heterocycles. The Bertz CT molecular complexity index is 845. The number of nitrogens with one attached hydrogen (secondary N) is 1. The second-order valence-corrected chi connectivity index (χ2v) is 6.32. The zero-order valence-electron chi connectivity index (χ0n) is 14.4. The number of hydrogen-bond donors (Lipinski definition) is 2. The van der Waals surface area contributed by atoms with Gasteiger partial charge in [0.15, 0.2) is 5.69 Å². The lowest BCUT2D eigenvalue weighted by Gasteiger charge is -2.22. The third-order valence-corrected chi connectivity index (χ3v) is 4.40. The fraction of sp³-hybridized carbons (Fsp3) is 0.389. The van der Waals surface area contributed by atoms with Gasteiger partial charge in [-0.3, -0.25) is 9.59 Å². The number of nitrogens with zero attached hydrogens (tertiary/aromatic N) is 2. The molecule has 1 aliphatic heterocycles. The summed E-state index contributed by atoms with van der Waals surface area (Å²) in [6.45, 7) is 1.31. The van der Waals surface area contributed by atoms with Crippen molar-refractivity contribution >= 4 is 5.91 Å². The maximum atomic E-state index is 13.0. The van der Waals surface area contributed by atoms with E-state index in [-0.39, 0.29) is 24.0 Å². The SMILES string of the molecule is CN(Cc1ccc(F)cc1)C(=O)c1nc(C2CCOCC2)[nH]c(=O)c1O. The van der Waals surface area contributed by atoms with Crippen molar-refractivity contribution in [2.24, 2.45) is 0 Å². The second kappa shape index (κ2) is 7.65. The summed E-state index contributed by atoms with van der Waals surface area (Å²) in [7, 11) is 1.53. The number of hydrogen-bond acceptors (Lipinski definition) is 5. The van der Waals surface area contributed by atoms with Crippen LogP contribution in [0.3, 0.4) is 0 Å². The van der Waals surface area contributed by atoms with Crippen LogP contribution in [0.4, 0.5) is 4.39 Å².